The molecule has 1 N–H and O–H groups in total. The van der Waals surface area contributed by atoms with Crippen molar-refractivity contribution >= 4 is 79.7 Å². The lowest BCUT2D eigenvalue weighted by Crippen LogP contribution is -1.99. The highest BCUT2D eigenvalue weighted by atomic mass is 35.5. The van der Waals surface area contributed by atoms with E-state index >= 15 is 0 Å². The van der Waals surface area contributed by atoms with Crippen molar-refractivity contribution in [2.75, 3.05) is 0 Å². The number of aromatic carboxylic acids is 1. The molecule has 0 aliphatic rings. The van der Waals surface area contributed by atoms with E-state index < -0.39 is 33.3 Å². The Kier molecular flexibility index (Phi) is 12.1. The van der Waals surface area contributed by atoms with Gasteiger partial charge in [-0.25, -0.2) is 13.6 Å². The minimum Gasteiger partial charge on any atom is -0.478 e. The molecule has 0 aliphatic heterocycles. The van der Waals surface area contributed by atoms with Crippen molar-refractivity contribution in [2.24, 2.45) is 0 Å². The van der Waals surface area contributed by atoms with Gasteiger partial charge < -0.3 is 5.11 Å². The van der Waals surface area contributed by atoms with Gasteiger partial charge >= 0.3 is 16.5 Å². The molecule has 0 amide bonds. The molecular weight excluding hydrogens is 511 g/mol. The molecule has 2 aromatic rings. The Morgan fingerprint density at radius 1 is 0.733 bits per heavy atom. The molecule has 0 bridgehead atoms. The highest BCUT2D eigenvalue weighted by molar-refractivity contribution is 6.97. The molecule has 0 aliphatic carbocycles. The van der Waals surface area contributed by atoms with E-state index in [1.807, 2.05) is 0 Å². The standard InChI is InChI=1S/C8H5Cl2FO.C8H6ClFO2.C2Cl2O2/c1-4-2-5(8(10)12)6(9)3-7(4)11;1-4-2-5(8(11)12)6(9)3-7(4)10;3-1(5)2(4)6/h2-3H,1H3;2-3H,1H3,(H,11,12);. The minimum atomic E-state index is -1.15. The predicted molar refractivity (Wildman–Crippen MR) is 111 cm³/mol. The first kappa shape index (κ1) is 28.2. The van der Waals surface area contributed by atoms with Crippen LogP contribution in [0.2, 0.25) is 10.0 Å². The molecule has 0 saturated carbocycles. The average molecular weight is 523 g/mol. The predicted octanol–water partition coefficient (Wildman–Crippen LogP) is 6.17. The zero-order valence-electron chi connectivity index (χ0n) is 15.0. The van der Waals surface area contributed by atoms with Gasteiger partial charge in [-0.2, -0.15) is 0 Å². The van der Waals surface area contributed by atoms with Gasteiger partial charge in [0.25, 0.3) is 5.24 Å². The summed E-state index contributed by atoms with van der Waals surface area (Å²) in [5, 5.41) is 5.57. The van der Waals surface area contributed by atoms with Gasteiger partial charge in [0.2, 0.25) is 0 Å². The first-order valence-electron chi connectivity index (χ1n) is 7.42. The van der Waals surface area contributed by atoms with E-state index in [1.165, 1.54) is 26.0 Å². The van der Waals surface area contributed by atoms with E-state index in [0.717, 1.165) is 12.1 Å². The third-order valence-electron chi connectivity index (χ3n) is 3.09. The number of hydrogen-bond donors (Lipinski definition) is 1. The number of rotatable bonds is 3. The second kappa shape index (κ2) is 12.8. The quantitative estimate of drug-likeness (QED) is 0.385. The van der Waals surface area contributed by atoms with Crippen LogP contribution in [0, 0.1) is 25.5 Å². The number of carbonyl (C=O) groups excluding carboxylic acids is 3. The summed E-state index contributed by atoms with van der Waals surface area (Å²) in [7, 11) is 0. The van der Waals surface area contributed by atoms with Gasteiger partial charge in [0.1, 0.15) is 11.6 Å². The molecule has 2 rings (SSSR count). The van der Waals surface area contributed by atoms with Gasteiger partial charge in [0, 0.05) is 0 Å². The lowest BCUT2D eigenvalue weighted by molar-refractivity contribution is -0.127. The zero-order chi connectivity index (χ0) is 23.8. The Labute approximate surface area is 194 Å². The molecule has 0 heterocycles. The molecule has 0 spiro atoms. The summed E-state index contributed by atoms with van der Waals surface area (Å²) in [6.07, 6.45) is 0. The fraction of sp³-hybridized carbons (Fsp3) is 0.111. The molecular formula is C18H11Cl5F2O5. The first-order valence-corrected chi connectivity index (χ1v) is 9.31. The molecule has 0 saturated heterocycles. The smallest absolute Gasteiger partial charge is 0.337 e. The maximum Gasteiger partial charge on any atom is 0.337 e. The highest BCUT2D eigenvalue weighted by Crippen LogP contribution is 2.22. The molecule has 0 fully saturated rings. The number of hydrogen-bond acceptors (Lipinski definition) is 4. The largest absolute Gasteiger partial charge is 0.478 e. The average Bonchev–Trinajstić information content (AvgIpc) is 2.61. The summed E-state index contributed by atoms with van der Waals surface area (Å²) in [5.41, 5.74) is 0.688. The number of carboxylic acid groups (broad SMARTS) is 1. The van der Waals surface area contributed by atoms with E-state index in [2.05, 4.69) is 23.2 Å². The van der Waals surface area contributed by atoms with Crippen LogP contribution in [0.5, 0.6) is 0 Å². The molecule has 30 heavy (non-hydrogen) atoms. The third-order valence-corrected chi connectivity index (χ3v) is 4.36. The van der Waals surface area contributed by atoms with Crippen molar-refractivity contribution in [2.45, 2.75) is 13.8 Å². The molecule has 12 heteroatoms. The Balaban J connectivity index is 0.000000447. The van der Waals surface area contributed by atoms with E-state index in [4.69, 9.17) is 39.9 Å². The molecule has 162 valence electrons. The first-order chi connectivity index (χ1) is 13.7. The summed E-state index contributed by atoms with van der Waals surface area (Å²) in [5.74, 6) is -2.09. The van der Waals surface area contributed by atoms with Crippen molar-refractivity contribution in [1.29, 1.82) is 0 Å². The minimum absolute atomic E-state index is 0.0399. The van der Waals surface area contributed by atoms with E-state index in [0.29, 0.717) is 5.56 Å². The van der Waals surface area contributed by atoms with Crippen molar-refractivity contribution in [3.05, 3.63) is 68.2 Å². The second-order valence-corrected chi connectivity index (χ2v) is 7.13. The van der Waals surface area contributed by atoms with E-state index in [1.54, 1.807) is 0 Å². The second-order valence-electron chi connectivity index (χ2n) is 5.29. The van der Waals surface area contributed by atoms with Crippen LogP contribution in [0.25, 0.3) is 0 Å². The van der Waals surface area contributed by atoms with Crippen LogP contribution >= 0.6 is 58.0 Å². The summed E-state index contributed by atoms with van der Waals surface area (Å²) in [6, 6.07) is 4.61. The van der Waals surface area contributed by atoms with Crippen LogP contribution < -0.4 is 0 Å². The zero-order valence-corrected chi connectivity index (χ0v) is 18.8. The highest BCUT2D eigenvalue weighted by Gasteiger charge is 2.11. The van der Waals surface area contributed by atoms with Crippen LogP contribution in [-0.4, -0.2) is 26.8 Å². The van der Waals surface area contributed by atoms with Crippen LogP contribution in [-0.2, 0) is 9.59 Å². The normalized spacial score (nSPS) is 9.50. The molecule has 0 radical (unpaired) electrons. The number of aryl methyl sites for hydroxylation is 2. The van der Waals surface area contributed by atoms with Crippen LogP contribution in [0.4, 0.5) is 8.78 Å². The summed E-state index contributed by atoms with van der Waals surface area (Å²) in [6.45, 7) is 3.02. The Bertz CT molecular complexity index is 916. The SMILES string of the molecule is Cc1cc(C(=O)Cl)c(Cl)cc1F.Cc1cc(C(=O)O)c(Cl)cc1F.O=C(Cl)C(=O)Cl. The molecule has 2 aromatic carbocycles. The molecule has 5 nitrogen and oxygen atoms in total. The van der Waals surface area contributed by atoms with Gasteiger partial charge in [0.05, 0.1) is 21.2 Å². The van der Waals surface area contributed by atoms with Crippen molar-refractivity contribution in [3.8, 4) is 0 Å². The van der Waals surface area contributed by atoms with Crippen molar-refractivity contribution < 1.29 is 33.1 Å². The van der Waals surface area contributed by atoms with Gasteiger partial charge in [-0.05, 0) is 84.0 Å². The number of benzene rings is 2. The summed E-state index contributed by atoms with van der Waals surface area (Å²) >= 11 is 25.2. The van der Waals surface area contributed by atoms with E-state index in [-0.39, 0.29) is 26.7 Å². The molecule has 0 unspecified atom stereocenters. The molecule has 0 atom stereocenters. The van der Waals surface area contributed by atoms with Crippen LogP contribution in [0.1, 0.15) is 31.8 Å². The fourth-order valence-electron chi connectivity index (χ4n) is 1.63. The number of carbonyl (C=O) groups is 4. The van der Waals surface area contributed by atoms with Crippen molar-refractivity contribution in [3.63, 3.8) is 0 Å². The van der Waals surface area contributed by atoms with Gasteiger partial charge in [-0.1, -0.05) is 23.2 Å². The van der Waals surface area contributed by atoms with Gasteiger partial charge in [-0.15, -0.1) is 0 Å². The fourth-order valence-corrected chi connectivity index (χ4v) is 2.30. The Hall–Kier alpha value is -1.77. The van der Waals surface area contributed by atoms with Gasteiger partial charge in [0.15, 0.2) is 0 Å². The van der Waals surface area contributed by atoms with Crippen LogP contribution in [0.3, 0.4) is 0 Å². The Morgan fingerprint density at radius 2 is 1.07 bits per heavy atom. The van der Waals surface area contributed by atoms with Crippen LogP contribution in [0.15, 0.2) is 24.3 Å². The maximum atomic E-state index is 12.8. The summed E-state index contributed by atoms with van der Waals surface area (Å²) < 4.78 is 25.5. The number of halogens is 7. The Morgan fingerprint density at radius 3 is 1.37 bits per heavy atom. The molecule has 0 aromatic heterocycles. The third kappa shape index (κ3) is 9.36. The van der Waals surface area contributed by atoms with Crippen molar-refractivity contribution in [1.82, 2.24) is 0 Å². The number of carboxylic acids is 1. The lowest BCUT2D eigenvalue weighted by Gasteiger charge is -2.00. The maximum absolute atomic E-state index is 12.8. The monoisotopic (exact) mass is 520 g/mol. The van der Waals surface area contributed by atoms with E-state index in [9.17, 15) is 28.0 Å². The van der Waals surface area contributed by atoms with Gasteiger partial charge in [-0.3, -0.25) is 14.4 Å². The topological polar surface area (TPSA) is 88.5 Å². The lowest BCUT2D eigenvalue weighted by atomic mass is 10.1. The summed E-state index contributed by atoms with van der Waals surface area (Å²) in [4.78, 5) is 40.0.